The highest BCUT2D eigenvalue weighted by Crippen LogP contribution is 2.36. The van der Waals surface area contributed by atoms with Gasteiger partial charge in [-0.25, -0.2) is 9.38 Å². The number of halogens is 1. The van der Waals surface area contributed by atoms with E-state index >= 15 is 0 Å². The Morgan fingerprint density at radius 2 is 2.00 bits per heavy atom. The van der Waals surface area contributed by atoms with Gasteiger partial charge >= 0.3 is 0 Å². The first-order valence-electron chi connectivity index (χ1n) is 7.54. The summed E-state index contributed by atoms with van der Waals surface area (Å²) in [4.78, 5) is 16.8. The Morgan fingerprint density at radius 3 is 2.80 bits per heavy atom. The molecule has 1 N–H and O–H groups in total. The minimum absolute atomic E-state index is 0.186. The lowest BCUT2D eigenvalue weighted by molar-refractivity contribution is -0.115. The molecule has 1 saturated heterocycles. The number of nitrogens with one attached hydrogen (secondary N) is 1. The lowest BCUT2D eigenvalue weighted by atomic mass is 10.1. The van der Waals surface area contributed by atoms with Crippen molar-refractivity contribution in [1.29, 1.82) is 0 Å². The summed E-state index contributed by atoms with van der Waals surface area (Å²) in [5, 5.41) is 3.00. The molecule has 0 bridgehead atoms. The van der Waals surface area contributed by atoms with Crippen molar-refractivity contribution in [2.24, 2.45) is 4.99 Å². The Hall–Kier alpha value is -2.80. The fourth-order valence-electron chi connectivity index (χ4n) is 2.49. The van der Waals surface area contributed by atoms with Gasteiger partial charge in [0.15, 0.2) is 16.7 Å². The van der Waals surface area contributed by atoms with Gasteiger partial charge in [0.1, 0.15) is 11.5 Å². The van der Waals surface area contributed by atoms with Gasteiger partial charge < -0.3 is 14.8 Å². The summed E-state index contributed by atoms with van der Waals surface area (Å²) in [6.45, 7) is 2.13. The number of hydrogen-bond donors (Lipinski definition) is 1. The standard InChI is InChI=1S/C18H13FN2O3S/c1-10-6-14-15(24-9-23-14)7-11(10)8-16-17(22)21-18(25-16)20-13-5-3-2-4-12(13)19/h2-8H,9H2,1H3,(H,20,21,22)/b16-8+. The monoisotopic (exact) mass is 356 g/mol. The molecule has 2 aromatic carbocycles. The highest BCUT2D eigenvalue weighted by Gasteiger charge is 2.25. The molecule has 126 valence electrons. The highest BCUT2D eigenvalue weighted by molar-refractivity contribution is 8.18. The van der Waals surface area contributed by atoms with Gasteiger partial charge in [-0.3, -0.25) is 4.79 Å². The van der Waals surface area contributed by atoms with Crippen molar-refractivity contribution in [2.75, 3.05) is 6.79 Å². The number of nitrogens with zero attached hydrogens (tertiary/aromatic N) is 1. The van der Waals surface area contributed by atoms with Crippen LogP contribution >= 0.6 is 11.8 Å². The first-order valence-corrected chi connectivity index (χ1v) is 8.36. The molecule has 0 aliphatic carbocycles. The van der Waals surface area contributed by atoms with Gasteiger partial charge in [-0.1, -0.05) is 12.1 Å². The second-order valence-corrected chi connectivity index (χ2v) is 6.53. The van der Waals surface area contributed by atoms with E-state index in [1.165, 1.54) is 17.8 Å². The number of rotatable bonds is 2. The zero-order valence-electron chi connectivity index (χ0n) is 13.2. The molecule has 0 radical (unpaired) electrons. The molecule has 5 nitrogen and oxygen atoms in total. The SMILES string of the molecule is Cc1cc2c(cc1/C=C1/SC(=Nc3ccccc3F)NC1=O)OCO2. The molecule has 0 aromatic heterocycles. The number of ether oxygens (including phenoxy) is 2. The maximum Gasteiger partial charge on any atom is 0.264 e. The smallest absolute Gasteiger partial charge is 0.264 e. The molecule has 0 spiro atoms. The van der Waals surface area contributed by atoms with E-state index in [0.717, 1.165) is 11.1 Å². The Bertz CT molecular complexity index is 940. The number of benzene rings is 2. The summed E-state index contributed by atoms with van der Waals surface area (Å²) in [5.41, 5.74) is 2.00. The van der Waals surface area contributed by atoms with Crippen LogP contribution in [0.25, 0.3) is 6.08 Å². The van der Waals surface area contributed by atoms with E-state index in [9.17, 15) is 9.18 Å². The van der Waals surface area contributed by atoms with Crippen LogP contribution in [0.2, 0.25) is 0 Å². The lowest BCUT2D eigenvalue weighted by Gasteiger charge is -2.03. The molecule has 0 saturated carbocycles. The summed E-state index contributed by atoms with van der Waals surface area (Å²) in [6, 6.07) is 9.88. The molecular weight excluding hydrogens is 343 g/mol. The molecule has 4 rings (SSSR count). The van der Waals surface area contributed by atoms with Crippen molar-refractivity contribution in [2.45, 2.75) is 6.92 Å². The van der Waals surface area contributed by atoms with Gasteiger partial charge in [-0.05, 0) is 60.2 Å². The Labute approximate surface area is 147 Å². The number of fused-ring (bicyclic) bond motifs is 1. The molecule has 0 atom stereocenters. The van der Waals surface area contributed by atoms with Crippen LogP contribution in [0.4, 0.5) is 10.1 Å². The third-order valence-electron chi connectivity index (χ3n) is 3.77. The van der Waals surface area contributed by atoms with Crippen LogP contribution in [0.3, 0.4) is 0 Å². The largest absolute Gasteiger partial charge is 0.454 e. The van der Waals surface area contributed by atoms with E-state index in [1.54, 1.807) is 24.3 Å². The molecule has 7 heteroatoms. The summed E-state index contributed by atoms with van der Waals surface area (Å²) >= 11 is 1.17. The zero-order valence-corrected chi connectivity index (χ0v) is 14.0. The van der Waals surface area contributed by atoms with Crippen molar-refractivity contribution < 1.29 is 18.7 Å². The van der Waals surface area contributed by atoms with Crippen LogP contribution in [0.1, 0.15) is 11.1 Å². The van der Waals surface area contributed by atoms with E-state index in [0.29, 0.717) is 21.6 Å². The topological polar surface area (TPSA) is 59.9 Å². The van der Waals surface area contributed by atoms with Crippen LogP contribution in [0.15, 0.2) is 46.3 Å². The minimum atomic E-state index is -0.436. The average Bonchev–Trinajstić information content (AvgIpc) is 3.16. The summed E-state index contributed by atoms with van der Waals surface area (Å²) in [5.74, 6) is 0.650. The number of hydrogen-bond acceptors (Lipinski definition) is 5. The van der Waals surface area contributed by atoms with Crippen molar-refractivity contribution in [3.63, 3.8) is 0 Å². The molecule has 1 fully saturated rings. The second kappa shape index (κ2) is 6.25. The maximum atomic E-state index is 13.7. The van der Waals surface area contributed by atoms with Crippen LogP contribution in [0, 0.1) is 12.7 Å². The van der Waals surface area contributed by atoms with E-state index in [-0.39, 0.29) is 18.4 Å². The summed E-state index contributed by atoms with van der Waals surface area (Å²) in [6.07, 6.45) is 1.77. The fraction of sp³-hybridized carbons (Fsp3) is 0.111. The number of thioether (sulfide) groups is 1. The number of carbonyl (C=O) groups excluding carboxylic acids is 1. The molecule has 1 amide bonds. The highest BCUT2D eigenvalue weighted by atomic mass is 32.2. The van der Waals surface area contributed by atoms with Gasteiger partial charge in [0.05, 0.1) is 4.91 Å². The van der Waals surface area contributed by atoms with E-state index in [4.69, 9.17) is 9.47 Å². The van der Waals surface area contributed by atoms with Gasteiger partial charge in [0.25, 0.3) is 5.91 Å². The maximum absolute atomic E-state index is 13.7. The van der Waals surface area contributed by atoms with Crippen molar-refractivity contribution in [3.05, 3.63) is 58.2 Å². The molecule has 25 heavy (non-hydrogen) atoms. The molecule has 2 heterocycles. The van der Waals surface area contributed by atoms with E-state index in [1.807, 2.05) is 19.1 Å². The third kappa shape index (κ3) is 3.10. The predicted molar refractivity (Wildman–Crippen MR) is 94.5 cm³/mol. The number of aryl methyl sites for hydroxylation is 1. The molecule has 2 aromatic rings. The molecular formula is C18H13FN2O3S. The average molecular weight is 356 g/mol. The van der Waals surface area contributed by atoms with Crippen molar-refractivity contribution >= 4 is 34.6 Å². The van der Waals surface area contributed by atoms with Crippen molar-refractivity contribution in [3.8, 4) is 11.5 Å². The fourth-order valence-corrected chi connectivity index (χ4v) is 3.31. The van der Waals surface area contributed by atoms with Gasteiger partial charge in [0, 0.05) is 0 Å². The van der Waals surface area contributed by atoms with Crippen LogP contribution in [-0.2, 0) is 4.79 Å². The van der Waals surface area contributed by atoms with Gasteiger partial charge in [0.2, 0.25) is 6.79 Å². The molecule has 2 aliphatic heterocycles. The number of amidine groups is 1. The number of carbonyl (C=O) groups is 1. The Balaban J connectivity index is 1.63. The minimum Gasteiger partial charge on any atom is -0.454 e. The van der Waals surface area contributed by atoms with Crippen molar-refractivity contribution in [1.82, 2.24) is 5.32 Å². The first kappa shape index (κ1) is 15.7. The first-order chi connectivity index (χ1) is 12.1. The number of para-hydroxylation sites is 1. The zero-order chi connectivity index (χ0) is 17.4. The van der Waals surface area contributed by atoms with E-state index < -0.39 is 5.82 Å². The van der Waals surface area contributed by atoms with Gasteiger partial charge in [-0.2, -0.15) is 0 Å². The normalized spacial score (nSPS) is 18.9. The van der Waals surface area contributed by atoms with Crippen LogP contribution < -0.4 is 14.8 Å². The summed E-state index contributed by atoms with van der Waals surface area (Å²) in [7, 11) is 0. The Kier molecular flexibility index (Phi) is 3.93. The Morgan fingerprint density at radius 1 is 1.24 bits per heavy atom. The number of amides is 1. The van der Waals surface area contributed by atoms with Crippen LogP contribution in [-0.4, -0.2) is 17.9 Å². The number of aliphatic imine (C=N–C) groups is 1. The van der Waals surface area contributed by atoms with Gasteiger partial charge in [-0.15, -0.1) is 0 Å². The predicted octanol–water partition coefficient (Wildman–Crippen LogP) is 3.75. The molecule has 2 aliphatic rings. The molecule has 0 unspecified atom stereocenters. The lowest BCUT2D eigenvalue weighted by Crippen LogP contribution is -2.19. The summed E-state index contributed by atoms with van der Waals surface area (Å²) < 4.78 is 24.4. The third-order valence-corrected chi connectivity index (χ3v) is 4.68. The second-order valence-electron chi connectivity index (χ2n) is 5.50. The van der Waals surface area contributed by atoms with Crippen LogP contribution in [0.5, 0.6) is 11.5 Å². The van der Waals surface area contributed by atoms with E-state index in [2.05, 4.69) is 10.3 Å². The quantitative estimate of drug-likeness (QED) is 0.833.